The number of halogens is 1. The number of esters is 1. The predicted octanol–water partition coefficient (Wildman–Crippen LogP) is 4.02. The van der Waals surface area contributed by atoms with Crippen molar-refractivity contribution in [3.05, 3.63) is 59.9 Å². The number of nitrogens with zero attached hydrogens (tertiary/aromatic N) is 3. The number of carbonyl (C=O) groups excluding carboxylic acids is 1. The van der Waals surface area contributed by atoms with Crippen molar-refractivity contribution >= 4 is 35.9 Å². The number of nitrogens with one attached hydrogen (secondary N) is 1. The molecule has 2 aromatic rings. The van der Waals surface area contributed by atoms with Gasteiger partial charge in [-0.3, -0.25) is 9.78 Å². The van der Waals surface area contributed by atoms with E-state index in [1.54, 1.807) is 6.20 Å². The highest BCUT2D eigenvalue weighted by Gasteiger charge is 2.28. The molecule has 0 unspecified atom stereocenters. The first-order valence-corrected chi connectivity index (χ1v) is 11.0. The number of likely N-dealkylation sites (tertiary alicyclic amines) is 1. The van der Waals surface area contributed by atoms with Crippen molar-refractivity contribution in [2.75, 3.05) is 26.2 Å². The van der Waals surface area contributed by atoms with E-state index in [4.69, 9.17) is 14.5 Å². The Kier molecular flexibility index (Phi) is 11.3. The molecule has 0 bridgehead atoms. The fourth-order valence-corrected chi connectivity index (χ4v) is 3.55. The molecule has 32 heavy (non-hydrogen) atoms. The summed E-state index contributed by atoms with van der Waals surface area (Å²) >= 11 is 0. The first-order valence-electron chi connectivity index (χ1n) is 11.0. The average Bonchev–Trinajstić information content (AvgIpc) is 2.82. The van der Waals surface area contributed by atoms with E-state index in [9.17, 15) is 4.79 Å². The maximum atomic E-state index is 12.2. The van der Waals surface area contributed by atoms with Crippen LogP contribution in [0, 0.1) is 5.92 Å². The van der Waals surface area contributed by atoms with Crippen LogP contribution in [0.25, 0.3) is 0 Å². The molecule has 0 spiro atoms. The van der Waals surface area contributed by atoms with Crippen LogP contribution in [0.15, 0.2) is 53.7 Å². The second-order valence-electron chi connectivity index (χ2n) is 7.46. The number of pyridine rings is 1. The van der Waals surface area contributed by atoms with Gasteiger partial charge in [-0.1, -0.05) is 18.2 Å². The van der Waals surface area contributed by atoms with Crippen molar-refractivity contribution in [3.8, 4) is 5.75 Å². The van der Waals surface area contributed by atoms with Crippen LogP contribution in [0.5, 0.6) is 5.75 Å². The smallest absolute Gasteiger partial charge is 0.310 e. The lowest BCUT2D eigenvalue weighted by Gasteiger charge is -2.34. The zero-order valence-electron chi connectivity index (χ0n) is 18.8. The molecule has 1 aromatic carbocycles. The van der Waals surface area contributed by atoms with Gasteiger partial charge >= 0.3 is 5.97 Å². The second-order valence-corrected chi connectivity index (χ2v) is 7.46. The van der Waals surface area contributed by atoms with E-state index in [0.29, 0.717) is 26.3 Å². The summed E-state index contributed by atoms with van der Waals surface area (Å²) in [5, 5.41) is 3.36. The third kappa shape index (κ3) is 7.96. The second kappa shape index (κ2) is 13.9. The van der Waals surface area contributed by atoms with E-state index < -0.39 is 0 Å². The Hall–Kier alpha value is -2.36. The molecule has 7 nitrogen and oxygen atoms in total. The number of aromatic nitrogens is 1. The van der Waals surface area contributed by atoms with Crippen molar-refractivity contribution < 1.29 is 14.3 Å². The predicted molar refractivity (Wildman–Crippen MR) is 136 cm³/mol. The highest BCUT2D eigenvalue weighted by molar-refractivity contribution is 14.0. The van der Waals surface area contributed by atoms with Crippen LogP contribution in [-0.2, 0) is 22.7 Å². The molecule has 0 amide bonds. The van der Waals surface area contributed by atoms with Gasteiger partial charge in [-0.2, -0.15) is 0 Å². The Morgan fingerprint density at radius 2 is 2.03 bits per heavy atom. The summed E-state index contributed by atoms with van der Waals surface area (Å²) in [7, 11) is 0. The minimum absolute atomic E-state index is 0. The molecule has 8 heteroatoms. The zero-order chi connectivity index (χ0) is 21.9. The summed E-state index contributed by atoms with van der Waals surface area (Å²) in [5.74, 6) is 1.45. The highest BCUT2D eigenvalue weighted by Crippen LogP contribution is 2.19. The number of guanidine groups is 1. The Morgan fingerprint density at radius 3 is 2.72 bits per heavy atom. The number of carbonyl (C=O) groups is 1. The van der Waals surface area contributed by atoms with Gasteiger partial charge in [0, 0.05) is 25.8 Å². The summed E-state index contributed by atoms with van der Waals surface area (Å²) in [6.45, 7) is 7.63. The van der Waals surface area contributed by atoms with Gasteiger partial charge in [-0.05, 0) is 56.5 Å². The molecular weight excluding hydrogens is 519 g/mol. The molecule has 1 atom stereocenters. The maximum Gasteiger partial charge on any atom is 0.310 e. The number of aliphatic imine (C=N–C) groups is 1. The summed E-state index contributed by atoms with van der Waals surface area (Å²) in [4.78, 5) is 23.4. The Balaban J connectivity index is 0.00000363. The summed E-state index contributed by atoms with van der Waals surface area (Å²) in [6, 6.07) is 13.7. The van der Waals surface area contributed by atoms with Gasteiger partial charge in [-0.15, -0.1) is 24.0 Å². The van der Waals surface area contributed by atoms with Crippen molar-refractivity contribution in [1.82, 2.24) is 15.2 Å². The van der Waals surface area contributed by atoms with Crippen LogP contribution in [-0.4, -0.2) is 48.1 Å². The molecule has 1 aromatic heterocycles. The first kappa shape index (κ1) is 25.9. The van der Waals surface area contributed by atoms with Gasteiger partial charge < -0.3 is 19.7 Å². The third-order valence-electron chi connectivity index (χ3n) is 5.12. The van der Waals surface area contributed by atoms with Crippen LogP contribution in [0.4, 0.5) is 0 Å². The highest BCUT2D eigenvalue weighted by atomic mass is 127. The van der Waals surface area contributed by atoms with Gasteiger partial charge in [0.2, 0.25) is 0 Å². The standard InChI is InChI=1S/C24H32N4O3.HI/c1-3-25-24(28-15-7-8-20(17-28)23(29)30-4-2)27-16-19-10-12-22(13-11-19)31-18-21-9-5-6-14-26-21;/h5-6,9-14,20H,3-4,7-8,15-18H2,1-2H3,(H,25,27);1H/t20-;/m0./s1. The number of rotatable bonds is 8. The SMILES string of the molecule is CCNC(=NCc1ccc(OCc2ccccn2)cc1)N1CCC[C@H](C(=O)OCC)C1.I. The van der Waals surface area contributed by atoms with Gasteiger partial charge in [0.15, 0.2) is 5.96 Å². The van der Waals surface area contributed by atoms with E-state index in [1.807, 2.05) is 49.4 Å². The van der Waals surface area contributed by atoms with E-state index >= 15 is 0 Å². The molecule has 1 saturated heterocycles. The largest absolute Gasteiger partial charge is 0.487 e. The molecule has 1 aliphatic heterocycles. The van der Waals surface area contributed by atoms with Crippen LogP contribution in [0.2, 0.25) is 0 Å². The molecule has 2 heterocycles. The molecule has 0 radical (unpaired) electrons. The minimum Gasteiger partial charge on any atom is -0.487 e. The normalized spacial score (nSPS) is 16.1. The van der Waals surface area contributed by atoms with Gasteiger partial charge in [0.25, 0.3) is 0 Å². The van der Waals surface area contributed by atoms with Crippen LogP contribution >= 0.6 is 24.0 Å². The topological polar surface area (TPSA) is 76.1 Å². The van der Waals surface area contributed by atoms with Crippen LogP contribution in [0.1, 0.15) is 37.9 Å². The van der Waals surface area contributed by atoms with Crippen LogP contribution in [0.3, 0.4) is 0 Å². The minimum atomic E-state index is -0.107. The molecule has 1 aliphatic rings. The molecular formula is C24H33IN4O3. The number of ether oxygens (including phenoxy) is 2. The van der Waals surface area contributed by atoms with Crippen molar-refractivity contribution in [2.45, 2.75) is 39.8 Å². The number of hydrogen-bond donors (Lipinski definition) is 1. The molecule has 3 rings (SSSR count). The quantitative estimate of drug-likeness (QED) is 0.231. The van der Waals surface area contributed by atoms with Crippen molar-refractivity contribution in [2.24, 2.45) is 10.9 Å². The Morgan fingerprint density at radius 1 is 1.22 bits per heavy atom. The molecule has 0 saturated carbocycles. The van der Waals surface area contributed by atoms with E-state index in [1.165, 1.54) is 0 Å². The first-order chi connectivity index (χ1) is 15.2. The fraction of sp³-hybridized carbons (Fsp3) is 0.458. The zero-order valence-corrected chi connectivity index (χ0v) is 21.2. The maximum absolute atomic E-state index is 12.2. The van der Waals surface area contributed by atoms with Gasteiger partial charge in [0.1, 0.15) is 12.4 Å². The van der Waals surface area contributed by atoms with Gasteiger partial charge in [-0.25, -0.2) is 4.99 Å². The average molecular weight is 552 g/mol. The number of benzene rings is 1. The summed E-state index contributed by atoms with van der Waals surface area (Å²) < 4.78 is 11.0. The molecule has 1 N–H and O–H groups in total. The molecule has 0 aliphatic carbocycles. The lowest BCUT2D eigenvalue weighted by molar-refractivity contribution is -0.149. The number of hydrogen-bond acceptors (Lipinski definition) is 5. The number of piperidine rings is 1. The Labute approximate surface area is 207 Å². The van der Waals surface area contributed by atoms with Crippen molar-refractivity contribution in [1.29, 1.82) is 0 Å². The van der Waals surface area contributed by atoms with E-state index in [-0.39, 0.29) is 35.9 Å². The lowest BCUT2D eigenvalue weighted by atomic mass is 9.98. The third-order valence-corrected chi connectivity index (χ3v) is 5.12. The fourth-order valence-electron chi connectivity index (χ4n) is 3.55. The lowest BCUT2D eigenvalue weighted by Crippen LogP contribution is -2.48. The Bertz CT molecular complexity index is 846. The van der Waals surface area contributed by atoms with Gasteiger partial charge in [0.05, 0.1) is 24.8 Å². The monoisotopic (exact) mass is 552 g/mol. The van der Waals surface area contributed by atoms with E-state index in [0.717, 1.165) is 48.9 Å². The molecule has 174 valence electrons. The summed E-state index contributed by atoms with van der Waals surface area (Å²) in [5.41, 5.74) is 1.99. The summed E-state index contributed by atoms with van der Waals surface area (Å²) in [6.07, 6.45) is 3.59. The van der Waals surface area contributed by atoms with E-state index in [2.05, 4.69) is 22.1 Å². The van der Waals surface area contributed by atoms with Crippen molar-refractivity contribution in [3.63, 3.8) is 0 Å². The molecule has 1 fully saturated rings. The van der Waals surface area contributed by atoms with Crippen LogP contribution < -0.4 is 10.1 Å².